The summed E-state index contributed by atoms with van der Waals surface area (Å²) in [6.45, 7) is 2.15. The highest BCUT2D eigenvalue weighted by atomic mass is 16.5. The molecule has 0 aliphatic carbocycles. The molecule has 0 saturated carbocycles. The molecule has 5 nitrogen and oxygen atoms in total. The number of benzene rings is 1. The summed E-state index contributed by atoms with van der Waals surface area (Å²) in [7, 11) is 1.60. The number of carbonyl (C=O) groups is 1. The van der Waals surface area contributed by atoms with E-state index in [1.54, 1.807) is 7.11 Å². The first-order valence-electron chi connectivity index (χ1n) is 6.69. The van der Waals surface area contributed by atoms with Crippen LogP contribution >= 0.6 is 0 Å². The minimum atomic E-state index is -0.187. The zero-order valence-corrected chi connectivity index (χ0v) is 11.8. The SMILES string of the molecule is COCCNC(=O)CCNCC(C#N)c1ccccc1. The molecule has 0 heterocycles. The first-order chi connectivity index (χ1) is 9.77. The molecule has 1 aromatic rings. The van der Waals surface area contributed by atoms with E-state index < -0.39 is 0 Å². The van der Waals surface area contributed by atoms with Crippen LogP contribution in [0.5, 0.6) is 0 Å². The zero-order valence-electron chi connectivity index (χ0n) is 11.8. The first kappa shape index (κ1) is 16.2. The third-order valence-corrected chi connectivity index (χ3v) is 2.86. The molecule has 0 radical (unpaired) electrons. The number of nitrogens with zero attached hydrogens (tertiary/aromatic N) is 1. The first-order valence-corrected chi connectivity index (χ1v) is 6.69. The van der Waals surface area contributed by atoms with Gasteiger partial charge in [0.2, 0.25) is 5.91 Å². The van der Waals surface area contributed by atoms with Crippen LogP contribution in [-0.2, 0) is 9.53 Å². The quantitative estimate of drug-likeness (QED) is 0.660. The Balaban J connectivity index is 2.20. The lowest BCUT2D eigenvalue weighted by atomic mass is 10.0. The standard InChI is InChI=1S/C15H21N3O2/c1-20-10-9-18-15(19)7-8-17-12-14(11-16)13-5-3-2-4-6-13/h2-6,14,17H,7-10,12H2,1H3,(H,18,19). The Morgan fingerprint density at radius 3 is 2.75 bits per heavy atom. The molecule has 1 rings (SSSR count). The Hall–Kier alpha value is -1.90. The normalized spacial score (nSPS) is 11.6. The van der Waals surface area contributed by atoms with Gasteiger partial charge >= 0.3 is 0 Å². The summed E-state index contributed by atoms with van der Waals surface area (Å²) in [6, 6.07) is 11.9. The predicted octanol–water partition coefficient (Wildman–Crippen LogP) is 1.04. The smallest absolute Gasteiger partial charge is 0.221 e. The average molecular weight is 275 g/mol. The number of methoxy groups -OCH3 is 1. The van der Waals surface area contributed by atoms with E-state index in [2.05, 4.69) is 16.7 Å². The van der Waals surface area contributed by atoms with Crippen molar-refractivity contribution < 1.29 is 9.53 Å². The predicted molar refractivity (Wildman–Crippen MR) is 77.2 cm³/mol. The Morgan fingerprint density at radius 1 is 1.35 bits per heavy atom. The minimum absolute atomic E-state index is 0.0113. The molecule has 0 fully saturated rings. The van der Waals surface area contributed by atoms with Gasteiger partial charge in [0.1, 0.15) is 0 Å². The molecule has 0 aromatic heterocycles. The molecule has 0 saturated heterocycles. The second kappa shape index (κ2) is 9.96. The highest BCUT2D eigenvalue weighted by Gasteiger charge is 2.09. The van der Waals surface area contributed by atoms with Gasteiger partial charge < -0.3 is 15.4 Å². The van der Waals surface area contributed by atoms with Crippen LogP contribution in [0.4, 0.5) is 0 Å². The van der Waals surface area contributed by atoms with Gasteiger partial charge in [-0.05, 0) is 5.56 Å². The van der Waals surface area contributed by atoms with Gasteiger partial charge in [0.15, 0.2) is 0 Å². The average Bonchev–Trinajstić information content (AvgIpc) is 2.48. The van der Waals surface area contributed by atoms with Crippen LogP contribution in [0.2, 0.25) is 0 Å². The zero-order chi connectivity index (χ0) is 14.6. The lowest BCUT2D eigenvalue weighted by Crippen LogP contribution is -2.31. The van der Waals surface area contributed by atoms with Gasteiger partial charge in [-0.25, -0.2) is 0 Å². The summed E-state index contributed by atoms with van der Waals surface area (Å²) in [4.78, 5) is 11.4. The molecule has 2 N–H and O–H groups in total. The van der Waals surface area contributed by atoms with E-state index >= 15 is 0 Å². The number of rotatable bonds is 9. The van der Waals surface area contributed by atoms with Crippen LogP contribution in [0, 0.1) is 11.3 Å². The van der Waals surface area contributed by atoms with Gasteiger partial charge in [0, 0.05) is 33.2 Å². The molecular formula is C15H21N3O2. The minimum Gasteiger partial charge on any atom is -0.383 e. The molecule has 1 aromatic carbocycles. The number of nitrogens with one attached hydrogen (secondary N) is 2. The molecule has 1 amide bonds. The van der Waals surface area contributed by atoms with Crippen LogP contribution in [0.25, 0.3) is 0 Å². The molecule has 0 spiro atoms. The molecule has 0 bridgehead atoms. The molecular weight excluding hydrogens is 254 g/mol. The maximum absolute atomic E-state index is 11.4. The number of nitriles is 1. The van der Waals surface area contributed by atoms with E-state index in [-0.39, 0.29) is 11.8 Å². The van der Waals surface area contributed by atoms with Gasteiger partial charge in [-0.3, -0.25) is 4.79 Å². The van der Waals surface area contributed by atoms with Crippen molar-refractivity contribution in [2.75, 3.05) is 33.4 Å². The maximum atomic E-state index is 11.4. The highest BCUT2D eigenvalue weighted by molar-refractivity contribution is 5.76. The van der Waals surface area contributed by atoms with Crippen molar-refractivity contribution in [3.05, 3.63) is 35.9 Å². The lowest BCUT2D eigenvalue weighted by molar-refractivity contribution is -0.121. The number of hydrogen-bond donors (Lipinski definition) is 2. The fourth-order valence-corrected chi connectivity index (χ4v) is 1.75. The van der Waals surface area contributed by atoms with Crippen LogP contribution in [0.1, 0.15) is 17.9 Å². The van der Waals surface area contributed by atoms with Gasteiger partial charge in [-0.15, -0.1) is 0 Å². The van der Waals surface area contributed by atoms with Crippen LogP contribution in [0.3, 0.4) is 0 Å². The van der Waals surface area contributed by atoms with E-state index in [1.165, 1.54) is 0 Å². The summed E-state index contributed by atoms with van der Waals surface area (Å²) in [5, 5.41) is 15.0. The van der Waals surface area contributed by atoms with E-state index in [1.807, 2.05) is 30.3 Å². The molecule has 0 aliphatic rings. The van der Waals surface area contributed by atoms with Crippen molar-refractivity contribution in [1.82, 2.24) is 10.6 Å². The Bertz CT molecular complexity index is 428. The number of ether oxygens (including phenoxy) is 1. The van der Waals surface area contributed by atoms with Gasteiger partial charge in [0.05, 0.1) is 18.6 Å². The van der Waals surface area contributed by atoms with Gasteiger partial charge in [-0.2, -0.15) is 5.26 Å². The van der Waals surface area contributed by atoms with Crippen molar-refractivity contribution in [2.45, 2.75) is 12.3 Å². The van der Waals surface area contributed by atoms with Crippen molar-refractivity contribution in [3.63, 3.8) is 0 Å². The third-order valence-electron chi connectivity index (χ3n) is 2.86. The van der Waals surface area contributed by atoms with Crippen LogP contribution in [-0.4, -0.2) is 39.3 Å². The topological polar surface area (TPSA) is 74.2 Å². The Morgan fingerprint density at radius 2 is 2.10 bits per heavy atom. The second-order valence-corrected chi connectivity index (χ2v) is 4.39. The number of hydrogen-bond acceptors (Lipinski definition) is 4. The second-order valence-electron chi connectivity index (χ2n) is 4.39. The Kier molecular flexibility index (Phi) is 8.04. The number of carbonyl (C=O) groups excluding carboxylic acids is 1. The van der Waals surface area contributed by atoms with E-state index in [9.17, 15) is 4.79 Å². The van der Waals surface area contributed by atoms with Crippen LogP contribution < -0.4 is 10.6 Å². The van der Waals surface area contributed by atoms with E-state index in [4.69, 9.17) is 10.00 Å². The molecule has 0 aliphatic heterocycles. The fourth-order valence-electron chi connectivity index (χ4n) is 1.75. The summed E-state index contributed by atoms with van der Waals surface area (Å²) < 4.78 is 4.85. The largest absolute Gasteiger partial charge is 0.383 e. The van der Waals surface area contributed by atoms with Gasteiger partial charge in [-0.1, -0.05) is 30.3 Å². The molecule has 1 unspecified atom stereocenters. The highest BCUT2D eigenvalue weighted by Crippen LogP contribution is 2.12. The van der Waals surface area contributed by atoms with Crippen molar-refractivity contribution in [1.29, 1.82) is 5.26 Å². The molecule has 5 heteroatoms. The summed E-state index contributed by atoms with van der Waals surface area (Å²) in [5.41, 5.74) is 0.993. The number of amides is 1. The summed E-state index contributed by atoms with van der Waals surface area (Å²) >= 11 is 0. The molecule has 20 heavy (non-hydrogen) atoms. The van der Waals surface area contributed by atoms with Crippen molar-refractivity contribution in [3.8, 4) is 6.07 Å². The molecule has 108 valence electrons. The van der Waals surface area contributed by atoms with Gasteiger partial charge in [0.25, 0.3) is 0 Å². The summed E-state index contributed by atoms with van der Waals surface area (Å²) in [6.07, 6.45) is 0.399. The maximum Gasteiger partial charge on any atom is 0.221 e. The van der Waals surface area contributed by atoms with Crippen molar-refractivity contribution >= 4 is 5.91 Å². The third kappa shape index (κ3) is 6.32. The lowest BCUT2D eigenvalue weighted by Gasteiger charge is -2.10. The fraction of sp³-hybridized carbons (Fsp3) is 0.467. The summed E-state index contributed by atoms with van der Waals surface area (Å²) in [5.74, 6) is -0.199. The monoisotopic (exact) mass is 275 g/mol. The van der Waals surface area contributed by atoms with E-state index in [0.717, 1.165) is 5.56 Å². The van der Waals surface area contributed by atoms with Crippen molar-refractivity contribution in [2.24, 2.45) is 0 Å². The molecule has 1 atom stereocenters. The Labute approximate surface area is 119 Å². The van der Waals surface area contributed by atoms with E-state index in [0.29, 0.717) is 32.7 Å². The van der Waals surface area contributed by atoms with Crippen LogP contribution in [0.15, 0.2) is 30.3 Å².